The molecule has 0 N–H and O–H groups in total. The summed E-state index contributed by atoms with van der Waals surface area (Å²) in [5.74, 6) is 2.69. The molecule has 0 fully saturated rings. The van der Waals surface area contributed by atoms with Crippen molar-refractivity contribution < 1.29 is 8.92 Å². The van der Waals surface area contributed by atoms with E-state index in [1.165, 1.54) is 5.56 Å². The van der Waals surface area contributed by atoms with E-state index >= 15 is 0 Å². The van der Waals surface area contributed by atoms with Crippen LogP contribution < -0.4 is 8.92 Å². The van der Waals surface area contributed by atoms with E-state index in [2.05, 4.69) is 112 Å². The summed E-state index contributed by atoms with van der Waals surface area (Å²) in [5, 5.41) is 1.55. The Labute approximate surface area is 200 Å². The van der Waals surface area contributed by atoms with Crippen LogP contribution in [0.15, 0.2) is 42.5 Å². The molecule has 0 saturated heterocycles. The third-order valence-corrected chi connectivity index (χ3v) is 10.0. The van der Waals surface area contributed by atoms with Crippen LogP contribution in [-0.2, 0) is 0 Å². The monoisotopic (exact) mass is 458 g/mol. The molecule has 0 amide bonds. The van der Waals surface area contributed by atoms with E-state index in [4.69, 9.17) is 8.92 Å². The van der Waals surface area contributed by atoms with Crippen molar-refractivity contribution in [1.29, 1.82) is 0 Å². The highest BCUT2D eigenvalue weighted by Gasteiger charge is 2.37. The molecular formula is C29H46O2S. The van der Waals surface area contributed by atoms with E-state index < -0.39 is 10.3 Å². The summed E-state index contributed by atoms with van der Waals surface area (Å²) < 4.78 is 12.1. The first kappa shape index (κ1) is 28.2. The highest BCUT2D eigenvalue weighted by molar-refractivity contribution is 8.31. The molecule has 0 aliphatic carbocycles. The molecule has 2 rings (SSSR count). The zero-order valence-electron chi connectivity index (χ0n) is 22.2. The van der Waals surface area contributed by atoms with Crippen molar-refractivity contribution in [3.8, 4) is 11.5 Å². The van der Waals surface area contributed by atoms with Crippen LogP contribution in [-0.4, -0.2) is 22.9 Å². The van der Waals surface area contributed by atoms with Crippen molar-refractivity contribution >= 4 is 22.5 Å². The molecule has 0 heterocycles. The lowest BCUT2D eigenvalue weighted by molar-refractivity contribution is 0.414. The van der Waals surface area contributed by atoms with Gasteiger partial charge in [0.05, 0.1) is 7.11 Å². The Hall–Kier alpha value is -1.87. The van der Waals surface area contributed by atoms with Gasteiger partial charge in [0.15, 0.2) is 0 Å². The fourth-order valence-corrected chi connectivity index (χ4v) is 8.19. The standard InChI is InChI=1S/C25H36O2S.C4H10/c1-18(2)28(19(3)4,20(5)6)27-24-13-11-22(12-14-24)9-10-23-15-21(7)16-25(17-23)26-8;1-4(2)3/h9-20H,1-8H3;4H,1-3H3/b10-9+;. The third kappa shape index (κ3) is 8.24. The highest BCUT2D eigenvalue weighted by atomic mass is 32.3. The summed E-state index contributed by atoms with van der Waals surface area (Å²) in [5.41, 5.74) is 3.49. The maximum atomic E-state index is 6.69. The van der Waals surface area contributed by atoms with Gasteiger partial charge in [-0.05, 0) is 53.8 Å². The third-order valence-electron chi connectivity index (χ3n) is 5.11. The maximum Gasteiger partial charge on any atom is 0.134 e. The molecule has 0 radical (unpaired) electrons. The molecule has 32 heavy (non-hydrogen) atoms. The summed E-state index contributed by atoms with van der Waals surface area (Å²) >= 11 is 0. The van der Waals surface area contributed by atoms with Crippen LogP contribution in [0.3, 0.4) is 0 Å². The Morgan fingerprint density at radius 1 is 0.656 bits per heavy atom. The minimum Gasteiger partial charge on any atom is -0.497 e. The fourth-order valence-electron chi connectivity index (χ4n) is 3.91. The second kappa shape index (κ2) is 13.0. The fraction of sp³-hybridized carbons (Fsp3) is 0.517. The van der Waals surface area contributed by atoms with Crippen LogP contribution in [0.4, 0.5) is 0 Å². The summed E-state index contributed by atoms with van der Waals surface area (Å²) in [6.45, 7) is 22.3. The quantitative estimate of drug-likeness (QED) is 0.367. The SMILES string of the molecule is CC(C)C.COc1cc(C)cc(/C=C/c2ccc(OS(C(C)C)(C(C)C)C(C)C)cc2)c1. The first-order valence-corrected chi connectivity index (χ1v) is 13.6. The van der Waals surface area contributed by atoms with Crippen LogP contribution >= 0.6 is 10.3 Å². The number of hydrogen-bond donors (Lipinski definition) is 0. The Bertz CT molecular complexity index is 808. The summed E-state index contributed by atoms with van der Waals surface area (Å²) in [7, 11) is 0.491. The van der Waals surface area contributed by atoms with Crippen molar-refractivity contribution in [1.82, 2.24) is 0 Å². The van der Waals surface area contributed by atoms with Gasteiger partial charge in [0.1, 0.15) is 11.5 Å². The van der Waals surface area contributed by atoms with Gasteiger partial charge < -0.3 is 8.92 Å². The van der Waals surface area contributed by atoms with E-state index in [0.717, 1.165) is 28.5 Å². The molecule has 0 aromatic heterocycles. The van der Waals surface area contributed by atoms with Crippen molar-refractivity contribution in [3.63, 3.8) is 0 Å². The maximum absolute atomic E-state index is 6.69. The van der Waals surface area contributed by atoms with E-state index in [1.54, 1.807) is 7.11 Å². The van der Waals surface area contributed by atoms with Gasteiger partial charge in [0, 0.05) is 15.7 Å². The van der Waals surface area contributed by atoms with Crippen LogP contribution in [0.25, 0.3) is 12.2 Å². The van der Waals surface area contributed by atoms with Gasteiger partial charge in [0.25, 0.3) is 0 Å². The topological polar surface area (TPSA) is 18.5 Å². The number of ether oxygens (including phenoxy) is 1. The van der Waals surface area contributed by atoms with Crippen molar-refractivity contribution in [3.05, 3.63) is 59.2 Å². The van der Waals surface area contributed by atoms with Crippen LogP contribution in [0.5, 0.6) is 11.5 Å². The molecule has 0 saturated carbocycles. The van der Waals surface area contributed by atoms with E-state index in [-0.39, 0.29) is 0 Å². The minimum atomic E-state index is -1.21. The van der Waals surface area contributed by atoms with Crippen molar-refractivity contribution in [2.75, 3.05) is 7.11 Å². The average Bonchev–Trinajstić information content (AvgIpc) is 2.69. The van der Waals surface area contributed by atoms with Gasteiger partial charge >= 0.3 is 0 Å². The number of methoxy groups -OCH3 is 1. The number of hydrogen-bond acceptors (Lipinski definition) is 2. The van der Waals surface area contributed by atoms with Crippen LogP contribution in [0.2, 0.25) is 0 Å². The Kier molecular flexibility index (Phi) is 11.4. The molecule has 0 spiro atoms. The van der Waals surface area contributed by atoms with Crippen LogP contribution in [0.1, 0.15) is 79.0 Å². The van der Waals surface area contributed by atoms with Crippen LogP contribution in [0, 0.1) is 12.8 Å². The van der Waals surface area contributed by atoms with Gasteiger partial charge in [0.2, 0.25) is 0 Å². The zero-order valence-corrected chi connectivity index (χ0v) is 23.0. The minimum absolute atomic E-state index is 0.517. The molecule has 0 aliphatic rings. The largest absolute Gasteiger partial charge is 0.497 e. The van der Waals surface area contributed by atoms with Gasteiger partial charge in [-0.25, -0.2) is 0 Å². The summed E-state index contributed by atoms with van der Waals surface area (Å²) in [6, 6.07) is 14.7. The molecule has 0 bridgehead atoms. The lowest BCUT2D eigenvalue weighted by atomic mass is 10.1. The Balaban J connectivity index is 0.00000118. The second-order valence-corrected chi connectivity index (χ2v) is 14.2. The lowest BCUT2D eigenvalue weighted by Crippen LogP contribution is -2.32. The predicted molar refractivity (Wildman–Crippen MR) is 147 cm³/mol. The summed E-state index contributed by atoms with van der Waals surface area (Å²) in [6.07, 6.45) is 4.25. The number of rotatable bonds is 8. The van der Waals surface area contributed by atoms with Gasteiger partial charge in [-0.3, -0.25) is 0 Å². The normalized spacial score (nSPS) is 12.5. The molecule has 0 atom stereocenters. The van der Waals surface area contributed by atoms with E-state index in [0.29, 0.717) is 15.7 Å². The number of aryl methyl sites for hydroxylation is 1. The zero-order chi connectivity index (χ0) is 24.5. The smallest absolute Gasteiger partial charge is 0.134 e. The van der Waals surface area contributed by atoms with E-state index in [9.17, 15) is 0 Å². The van der Waals surface area contributed by atoms with Crippen molar-refractivity contribution in [2.45, 2.75) is 85.0 Å². The Morgan fingerprint density at radius 2 is 1.12 bits per heavy atom. The molecule has 180 valence electrons. The second-order valence-electron chi connectivity index (χ2n) is 9.84. The van der Waals surface area contributed by atoms with Gasteiger partial charge in [-0.2, -0.15) is 0 Å². The molecule has 3 heteroatoms. The first-order valence-electron chi connectivity index (χ1n) is 11.9. The van der Waals surface area contributed by atoms with Crippen molar-refractivity contribution in [2.24, 2.45) is 5.92 Å². The molecular weight excluding hydrogens is 412 g/mol. The summed E-state index contributed by atoms with van der Waals surface area (Å²) in [4.78, 5) is 0. The predicted octanol–water partition coefficient (Wildman–Crippen LogP) is 9.16. The molecule has 2 aromatic carbocycles. The molecule has 2 aromatic rings. The average molecular weight is 459 g/mol. The molecule has 0 aliphatic heterocycles. The molecule has 0 unspecified atom stereocenters. The lowest BCUT2D eigenvalue weighted by Gasteiger charge is -2.50. The first-order chi connectivity index (χ1) is 14.9. The number of benzene rings is 2. The van der Waals surface area contributed by atoms with Gasteiger partial charge in [-0.15, -0.1) is 0 Å². The van der Waals surface area contributed by atoms with E-state index in [1.807, 2.05) is 12.1 Å². The Morgan fingerprint density at radius 3 is 1.56 bits per heavy atom. The molecule has 2 nitrogen and oxygen atoms in total. The van der Waals surface area contributed by atoms with Gasteiger partial charge in [-0.1, -0.05) is 103 Å². The highest BCUT2D eigenvalue weighted by Crippen LogP contribution is 2.60.